The third-order valence-electron chi connectivity index (χ3n) is 4.23. The number of hydrogen-bond donors (Lipinski definition) is 0. The number of benzene rings is 2. The molecule has 3 rings (SSSR count). The van der Waals surface area contributed by atoms with Gasteiger partial charge in [0.1, 0.15) is 0 Å². The minimum Gasteiger partial charge on any atom is -0.0622 e. The summed E-state index contributed by atoms with van der Waals surface area (Å²) in [5.74, 6) is 2.44. The fourth-order valence-corrected chi connectivity index (χ4v) is 3.22. The van der Waals surface area contributed by atoms with Crippen molar-refractivity contribution in [1.82, 2.24) is 0 Å². The molecular formula is C19H21. The lowest BCUT2D eigenvalue weighted by Gasteiger charge is -2.23. The Labute approximate surface area is 116 Å². The molecule has 0 heteroatoms. The highest BCUT2D eigenvalue weighted by atomic mass is 14.3. The standard InChI is InChI=1S/C19H21/c1-3-9-16(10-4-1)15-19(18-13-7-8-14-18)17-11-5-2-6-12-17/h1-6,9-12,18H,7-8,13-15H2. The molecule has 0 heterocycles. The van der Waals surface area contributed by atoms with Crippen LogP contribution in [0.4, 0.5) is 0 Å². The van der Waals surface area contributed by atoms with Crippen LogP contribution in [-0.4, -0.2) is 0 Å². The Kier molecular flexibility index (Phi) is 3.98. The molecule has 0 atom stereocenters. The summed E-state index contributed by atoms with van der Waals surface area (Å²) in [6.07, 6.45) is 6.65. The normalized spacial score (nSPS) is 16.1. The second-order valence-electron chi connectivity index (χ2n) is 5.54. The summed E-state index contributed by atoms with van der Waals surface area (Å²) >= 11 is 0. The van der Waals surface area contributed by atoms with E-state index in [1.165, 1.54) is 36.8 Å². The van der Waals surface area contributed by atoms with Gasteiger partial charge in [-0.15, -0.1) is 0 Å². The summed E-state index contributed by atoms with van der Waals surface area (Å²) in [5, 5.41) is 0. The zero-order valence-electron chi connectivity index (χ0n) is 11.4. The molecule has 0 nitrogen and oxygen atoms in total. The van der Waals surface area contributed by atoms with Gasteiger partial charge in [-0.25, -0.2) is 0 Å². The average Bonchev–Trinajstić information content (AvgIpc) is 3.01. The lowest BCUT2D eigenvalue weighted by atomic mass is 9.80. The van der Waals surface area contributed by atoms with Gasteiger partial charge in [0.2, 0.25) is 0 Å². The van der Waals surface area contributed by atoms with Gasteiger partial charge >= 0.3 is 0 Å². The van der Waals surface area contributed by atoms with E-state index >= 15 is 0 Å². The number of hydrogen-bond acceptors (Lipinski definition) is 0. The molecule has 0 saturated heterocycles. The molecule has 0 amide bonds. The van der Waals surface area contributed by atoms with Gasteiger partial charge in [0, 0.05) is 5.92 Å². The van der Waals surface area contributed by atoms with Crippen LogP contribution < -0.4 is 0 Å². The first-order valence-electron chi connectivity index (χ1n) is 7.38. The van der Waals surface area contributed by atoms with E-state index in [2.05, 4.69) is 60.7 Å². The first-order valence-corrected chi connectivity index (χ1v) is 7.38. The first-order chi connectivity index (χ1) is 9.43. The predicted molar refractivity (Wildman–Crippen MR) is 80.9 cm³/mol. The molecule has 2 aromatic rings. The Morgan fingerprint density at radius 1 is 0.789 bits per heavy atom. The van der Waals surface area contributed by atoms with E-state index in [-0.39, 0.29) is 0 Å². The van der Waals surface area contributed by atoms with Crippen LogP contribution in [0.15, 0.2) is 60.7 Å². The van der Waals surface area contributed by atoms with Crippen molar-refractivity contribution in [1.29, 1.82) is 0 Å². The van der Waals surface area contributed by atoms with Crippen LogP contribution in [0.5, 0.6) is 0 Å². The van der Waals surface area contributed by atoms with Gasteiger partial charge in [-0.1, -0.05) is 73.5 Å². The maximum absolute atomic E-state index is 2.27. The fourth-order valence-electron chi connectivity index (χ4n) is 3.22. The summed E-state index contributed by atoms with van der Waals surface area (Å²) in [4.78, 5) is 0. The van der Waals surface area contributed by atoms with Crippen LogP contribution >= 0.6 is 0 Å². The molecule has 1 radical (unpaired) electrons. The predicted octanol–water partition coefficient (Wildman–Crippen LogP) is 5.04. The van der Waals surface area contributed by atoms with Gasteiger partial charge in [0.05, 0.1) is 0 Å². The van der Waals surface area contributed by atoms with E-state index in [9.17, 15) is 0 Å². The van der Waals surface area contributed by atoms with Crippen LogP contribution in [0.25, 0.3) is 0 Å². The summed E-state index contributed by atoms with van der Waals surface area (Å²) in [5.41, 5.74) is 2.88. The van der Waals surface area contributed by atoms with Crippen molar-refractivity contribution < 1.29 is 0 Å². The molecule has 97 valence electrons. The highest BCUT2D eigenvalue weighted by Crippen LogP contribution is 2.38. The van der Waals surface area contributed by atoms with Gasteiger partial charge in [0.25, 0.3) is 0 Å². The molecular weight excluding hydrogens is 228 g/mol. The van der Waals surface area contributed by atoms with Crippen LogP contribution in [0.1, 0.15) is 36.8 Å². The molecule has 1 aliphatic carbocycles. The van der Waals surface area contributed by atoms with Crippen molar-refractivity contribution in [3.8, 4) is 0 Å². The van der Waals surface area contributed by atoms with Gasteiger partial charge in [0.15, 0.2) is 0 Å². The van der Waals surface area contributed by atoms with Crippen LogP contribution in [0, 0.1) is 11.8 Å². The average molecular weight is 249 g/mol. The monoisotopic (exact) mass is 249 g/mol. The fraction of sp³-hybridized carbons (Fsp3) is 0.316. The highest BCUT2D eigenvalue weighted by Gasteiger charge is 2.26. The third kappa shape index (κ3) is 3.07. The van der Waals surface area contributed by atoms with E-state index in [1.54, 1.807) is 5.92 Å². The van der Waals surface area contributed by atoms with Gasteiger partial charge < -0.3 is 0 Å². The van der Waals surface area contributed by atoms with Crippen molar-refractivity contribution in [2.24, 2.45) is 5.92 Å². The van der Waals surface area contributed by atoms with Gasteiger partial charge in [-0.05, 0) is 36.3 Å². The Bertz CT molecular complexity index is 480. The molecule has 0 N–H and O–H groups in total. The molecule has 1 saturated carbocycles. The second kappa shape index (κ2) is 6.06. The van der Waals surface area contributed by atoms with Gasteiger partial charge in [-0.2, -0.15) is 0 Å². The Balaban J connectivity index is 1.84. The molecule has 0 aromatic heterocycles. The molecule has 2 aromatic carbocycles. The summed E-state index contributed by atoms with van der Waals surface area (Å²) in [7, 11) is 0. The van der Waals surface area contributed by atoms with Gasteiger partial charge in [-0.3, -0.25) is 0 Å². The summed E-state index contributed by atoms with van der Waals surface area (Å²) < 4.78 is 0. The quantitative estimate of drug-likeness (QED) is 0.712. The molecule has 0 unspecified atom stereocenters. The smallest absolute Gasteiger partial charge is 0.0124 e. The zero-order valence-corrected chi connectivity index (χ0v) is 11.4. The maximum atomic E-state index is 2.27. The number of rotatable bonds is 4. The van der Waals surface area contributed by atoms with Crippen LogP contribution in [0.2, 0.25) is 0 Å². The highest BCUT2D eigenvalue weighted by molar-refractivity contribution is 5.36. The van der Waals surface area contributed by atoms with E-state index in [1.807, 2.05) is 0 Å². The Hall–Kier alpha value is -1.56. The first kappa shape index (κ1) is 12.5. The molecule has 1 aliphatic rings. The lowest BCUT2D eigenvalue weighted by Crippen LogP contribution is -2.13. The van der Waals surface area contributed by atoms with Crippen molar-refractivity contribution in [2.45, 2.75) is 32.1 Å². The van der Waals surface area contributed by atoms with Crippen LogP contribution in [-0.2, 0) is 6.42 Å². The van der Waals surface area contributed by atoms with Crippen molar-refractivity contribution in [3.63, 3.8) is 0 Å². The molecule has 0 spiro atoms. The lowest BCUT2D eigenvalue weighted by molar-refractivity contribution is 0.563. The topological polar surface area (TPSA) is 0 Å². The minimum atomic E-state index is 0.794. The summed E-state index contributed by atoms with van der Waals surface area (Å²) in [6, 6.07) is 21.9. The molecule has 19 heavy (non-hydrogen) atoms. The zero-order chi connectivity index (χ0) is 12.9. The Morgan fingerprint density at radius 2 is 1.37 bits per heavy atom. The van der Waals surface area contributed by atoms with Crippen molar-refractivity contribution in [2.75, 3.05) is 0 Å². The SMILES string of the molecule is c1ccc(C[C](c2ccccc2)C2CCCC2)cc1. The largest absolute Gasteiger partial charge is 0.0622 e. The minimum absolute atomic E-state index is 0.794. The molecule has 0 aliphatic heterocycles. The third-order valence-corrected chi connectivity index (χ3v) is 4.23. The molecule has 0 bridgehead atoms. The Morgan fingerprint density at radius 3 is 2.00 bits per heavy atom. The van der Waals surface area contributed by atoms with E-state index in [0.29, 0.717) is 0 Å². The molecule has 1 fully saturated rings. The van der Waals surface area contributed by atoms with Crippen LogP contribution in [0.3, 0.4) is 0 Å². The second-order valence-corrected chi connectivity index (χ2v) is 5.54. The summed E-state index contributed by atoms with van der Waals surface area (Å²) in [6.45, 7) is 0. The van der Waals surface area contributed by atoms with E-state index in [0.717, 1.165) is 12.3 Å². The maximum Gasteiger partial charge on any atom is 0.0124 e. The van der Waals surface area contributed by atoms with Crippen molar-refractivity contribution >= 4 is 0 Å². The van der Waals surface area contributed by atoms with E-state index in [4.69, 9.17) is 0 Å². The van der Waals surface area contributed by atoms with Crippen molar-refractivity contribution in [3.05, 3.63) is 77.7 Å². The van der Waals surface area contributed by atoms with E-state index < -0.39 is 0 Å².